The summed E-state index contributed by atoms with van der Waals surface area (Å²) in [4.78, 5) is 26.9. The van der Waals surface area contributed by atoms with E-state index in [1.54, 1.807) is 12.1 Å². The Kier molecular flexibility index (Phi) is 4.91. The summed E-state index contributed by atoms with van der Waals surface area (Å²) in [6, 6.07) is 17.9. The summed E-state index contributed by atoms with van der Waals surface area (Å²) in [5, 5.41) is 0. The first-order chi connectivity index (χ1) is 14.3. The van der Waals surface area contributed by atoms with Crippen LogP contribution in [0, 0.1) is 6.92 Å². The van der Waals surface area contributed by atoms with Crippen LogP contribution >= 0.6 is 0 Å². The number of methoxy groups -OCH3 is 1. The SMILES string of the molecule is COC(=O)c1ccc2c(c1)N(Cc1cccc(C)c1)C(=O)c1ccccc1S2(=O)=O. The van der Waals surface area contributed by atoms with Gasteiger partial charge in [-0.2, -0.15) is 0 Å². The summed E-state index contributed by atoms with van der Waals surface area (Å²) < 4.78 is 31.5. The molecule has 1 aliphatic heterocycles. The lowest BCUT2D eigenvalue weighted by atomic mass is 10.1. The van der Waals surface area contributed by atoms with Gasteiger partial charge in [0, 0.05) is 0 Å². The summed E-state index contributed by atoms with van der Waals surface area (Å²) >= 11 is 0. The highest BCUT2D eigenvalue weighted by Gasteiger charge is 2.36. The Bertz CT molecular complexity index is 1280. The lowest BCUT2D eigenvalue weighted by Gasteiger charge is -2.23. The highest BCUT2D eigenvalue weighted by Crippen LogP contribution is 2.38. The molecule has 0 atom stereocenters. The first-order valence-electron chi connectivity index (χ1n) is 9.27. The number of esters is 1. The number of carbonyl (C=O) groups is 2. The molecule has 0 saturated heterocycles. The second kappa shape index (κ2) is 7.42. The molecule has 0 saturated carbocycles. The Morgan fingerprint density at radius 1 is 0.967 bits per heavy atom. The van der Waals surface area contributed by atoms with Crippen molar-refractivity contribution in [1.29, 1.82) is 0 Å². The molecule has 152 valence electrons. The van der Waals surface area contributed by atoms with Gasteiger partial charge >= 0.3 is 5.97 Å². The maximum Gasteiger partial charge on any atom is 0.337 e. The highest BCUT2D eigenvalue weighted by molar-refractivity contribution is 7.91. The van der Waals surface area contributed by atoms with Crippen molar-refractivity contribution >= 4 is 27.4 Å². The molecule has 1 amide bonds. The summed E-state index contributed by atoms with van der Waals surface area (Å²) in [6.45, 7) is 2.10. The van der Waals surface area contributed by atoms with Gasteiger partial charge in [0.1, 0.15) is 0 Å². The zero-order chi connectivity index (χ0) is 21.5. The molecule has 4 rings (SSSR count). The standard InChI is InChI=1S/C23H19NO5S/c1-15-6-5-7-16(12-15)14-24-19-13-17(23(26)29-2)10-11-21(19)30(27,28)20-9-4-3-8-18(20)22(24)25/h3-13H,14H2,1-2H3. The van der Waals surface area contributed by atoms with Crippen molar-refractivity contribution in [2.45, 2.75) is 23.3 Å². The van der Waals surface area contributed by atoms with Crippen molar-refractivity contribution in [3.8, 4) is 0 Å². The van der Waals surface area contributed by atoms with E-state index in [1.807, 2.05) is 31.2 Å². The third-order valence-electron chi connectivity index (χ3n) is 5.04. The van der Waals surface area contributed by atoms with Gasteiger partial charge < -0.3 is 9.64 Å². The largest absolute Gasteiger partial charge is 0.465 e. The normalized spacial score (nSPS) is 14.5. The van der Waals surface area contributed by atoms with Crippen LogP contribution in [-0.2, 0) is 21.1 Å². The minimum atomic E-state index is -3.97. The number of anilines is 1. The molecule has 0 unspecified atom stereocenters. The number of ether oxygens (including phenoxy) is 1. The van der Waals surface area contributed by atoms with E-state index < -0.39 is 21.7 Å². The van der Waals surface area contributed by atoms with E-state index in [1.165, 1.54) is 42.3 Å². The third-order valence-corrected chi connectivity index (χ3v) is 6.89. The number of benzene rings is 3. The lowest BCUT2D eigenvalue weighted by molar-refractivity contribution is 0.0600. The van der Waals surface area contributed by atoms with Crippen LogP contribution in [0.4, 0.5) is 5.69 Å². The predicted molar refractivity (Wildman–Crippen MR) is 111 cm³/mol. The van der Waals surface area contributed by atoms with Crippen LogP contribution in [0.1, 0.15) is 31.8 Å². The second-order valence-corrected chi connectivity index (χ2v) is 8.94. The number of nitrogens with zero attached hydrogens (tertiary/aromatic N) is 1. The van der Waals surface area contributed by atoms with E-state index in [9.17, 15) is 18.0 Å². The zero-order valence-corrected chi connectivity index (χ0v) is 17.3. The molecule has 1 heterocycles. The molecule has 0 bridgehead atoms. The number of fused-ring (bicyclic) bond motifs is 2. The average molecular weight is 421 g/mol. The molecule has 0 radical (unpaired) electrons. The molecule has 0 spiro atoms. The summed E-state index contributed by atoms with van der Waals surface area (Å²) in [5.41, 5.74) is 2.28. The number of aryl methyl sites for hydroxylation is 1. The van der Waals surface area contributed by atoms with E-state index in [0.29, 0.717) is 0 Å². The first-order valence-corrected chi connectivity index (χ1v) is 10.7. The van der Waals surface area contributed by atoms with Crippen LogP contribution in [0.5, 0.6) is 0 Å². The van der Waals surface area contributed by atoms with Crippen molar-refractivity contribution in [3.05, 3.63) is 89.0 Å². The van der Waals surface area contributed by atoms with E-state index in [2.05, 4.69) is 0 Å². The molecule has 1 aliphatic rings. The van der Waals surface area contributed by atoms with Crippen LogP contribution in [0.15, 0.2) is 76.5 Å². The van der Waals surface area contributed by atoms with Gasteiger partial charge in [-0.3, -0.25) is 4.79 Å². The maximum absolute atomic E-state index is 13.5. The summed E-state index contributed by atoms with van der Waals surface area (Å²) in [6.07, 6.45) is 0. The summed E-state index contributed by atoms with van der Waals surface area (Å²) in [5.74, 6) is -1.06. The van der Waals surface area contributed by atoms with Crippen LogP contribution < -0.4 is 4.90 Å². The average Bonchev–Trinajstić information content (AvgIpc) is 2.81. The van der Waals surface area contributed by atoms with Crippen LogP contribution in [0.3, 0.4) is 0 Å². The number of hydrogen-bond donors (Lipinski definition) is 0. The quantitative estimate of drug-likeness (QED) is 0.602. The van der Waals surface area contributed by atoms with Crippen molar-refractivity contribution < 1.29 is 22.7 Å². The van der Waals surface area contributed by atoms with Gasteiger partial charge in [0.05, 0.1) is 40.3 Å². The van der Waals surface area contributed by atoms with Crippen molar-refractivity contribution in [1.82, 2.24) is 0 Å². The Morgan fingerprint density at radius 2 is 1.73 bits per heavy atom. The van der Waals surface area contributed by atoms with Crippen LogP contribution in [0.25, 0.3) is 0 Å². The second-order valence-electron chi connectivity index (χ2n) is 7.05. The van der Waals surface area contributed by atoms with Gasteiger partial charge in [-0.1, -0.05) is 42.0 Å². The minimum absolute atomic E-state index is 0.0268. The number of hydrogen-bond acceptors (Lipinski definition) is 5. The maximum atomic E-state index is 13.5. The zero-order valence-electron chi connectivity index (χ0n) is 16.5. The van der Waals surface area contributed by atoms with Crippen LogP contribution in [0.2, 0.25) is 0 Å². The summed E-state index contributed by atoms with van der Waals surface area (Å²) in [7, 11) is -2.72. The first kappa shape index (κ1) is 19.8. The van der Waals surface area contributed by atoms with Crippen molar-refractivity contribution in [2.24, 2.45) is 0 Å². The topological polar surface area (TPSA) is 80.8 Å². The smallest absolute Gasteiger partial charge is 0.337 e. The Balaban J connectivity index is 1.98. The van der Waals surface area contributed by atoms with Gasteiger partial charge in [-0.05, 0) is 42.8 Å². The third kappa shape index (κ3) is 3.27. The van der Waals surface area contributed by atoms with E-state index in [4.69, 9.17) is 4.74 Å². The molecule has 0 fully saturated rings. The fourth-order valence-corrected chi connectivity index (χ4v) is 5.23. The minimum Gasteiger partial charge on any atom is -0.465 e. The Hall–Kier alpha value is -3.45. The Labute approximate surface area is 174 Å². The lowest BCUT2D eigenvalue weighted by Crippen LogP contribution is -2.30. The van der Waals surface area contributed by atoms with Crippen molar-refractivity contribution in [3.63, 3.8) is 0 Å². The van der Waals surface area contributed by atoms with Crippen LogP contribution in [-0.4, -0.2) is 27.4 Å². The van der Waals surface area contributed by atoms with Gasteiger partial charge in [0.2, 0.25) is 9.84 Å². The molecule has 0 N–H and O–H groups in total. The Morgan fingerprint density at radius 3 is 2.47 bits per heavy atom. The van der Waals surface area contributed by atoms with Gasteiger partial charge in [0.15, 0.2) is 0 Å². The molecule has 0 aromatic heterocycles. The monoisotopic (exact) mass is 421 g/mol. The molecule has 6 nitrogen and oxygen atoms in total. The van der Waals surface area contributed by atoms with Gasteiger partial charge in [-0.15, -0.1) is 0 Å². The number of carbonyl (C=O) groups excluding carboxylic acids is 2. The molecular formula is C23H19NO5S. The van der Waals surface area contributed by atoms with E-state index in [0.717, 1.165) is 11.1 Å². The molecule has 3 aromatic rings. The molecule has 0 aliphatic carbocycles. The van der Waals surface area contributed by atoms with E-state index in [-0.39, 0.29) is 33.2 Å². The number of amides is 1. The molecular weight excluding hydrogens is 402 g/mol. The fraction of sp³-hybridized carbons (Fsp3) is 0.130. The number of rotatable bonds is 3. The highest BCUT2D eigenvalue weighted by atomic mass is 32.2. The predicted octanol–water partition coefficient (Wildman–Crippen LogP) is 3.77. The fourth-order valence-electron chi connectivity index (χ4n) is 3.60. The van der Waals surface area contributed by atoms with Gasteiger partial charge in [-0.25, -0.2) is 13.2 Å². The molecule has 30 heavy (non-hydrogen) atoms. The van der Waals surface area contributed by atoms with Crippen molar-refractivity contribution in [2.75, 3.05) is 12.0 Å². The molecule has 3 aromatic carbocycles. The molecule has 7 heteroatoms. The van der Waals surface area contributed by atoms with E-state index >= 15 is 0 Å². The number of sulfone groups is 1. The van der Waals surface area contributed by atoms with Gasteiger partial charge in [0.25, 0.3) is 5.91 Å².